The Morgan fingerprint density at radius 2 is 2.00 bits per heavy atom. The molecule has 4 N–H and O–H groups in total. The molecule has 9 heteroatoms. The molecule has 2 aromatic heterocycles. The van der Waals surface area contributed by atoms with Crippen molar-refractivity contribution in [3.05, 3.63) is 34.5 Å². The highest BCUT2D eigenvalue weighted by molar-refractivity contribution is 7.19. The van der Waals surface area contributed by atoms with E-state index in [-0.39, 0.29) is 5.41 Å². The first-order valence-electron chi connectivity index (χ1n) is 11.3. The van der Waals surface area contributed by atoms with Crippen LogP contribution in [0.5, 0.6) is 5.75 Å². The minimum Gasteiger partial charge on any atom is -0.494 e. The molecular formula is C25H34N6O2S. The number of hydrogen-bond acceptors (Lipinski definition) is 8. The monoisotopic (exact) mass is 482 g/mol. The largest absolute Gasteiger partial charge is 0.494 e. The van der Waals surface area contributed by atoms with Crippen LogP contribution in [0.3, 0.4) is 0 Å². The molecule has 0 atom stereocenters. The zero-order valence-electron chi connectivity index (χ0n) is 20.6. The number of ether oxygens (including phenoxy) is 1. The van der Waals surface area contributed by atoms with Crippen LogP contribution in [-0.2, 0) is 17.6 Å². The molecule has 3 aromatic rings. The lowest BCUT2D eigenvalue weighted by Gasteiger charge is -2.22. The second-order valence-electron chi connectivity index (χ2n) is 9.65. The van der Waals surface area contributed by atoms with Gasteiger partial charge in [0, 0.05) is 42.0 Å². The van der Waals surface area contributed by atoms with Crippen LogP contribution >= 0.6 is 11.3 Å². The standard InChI is InChI=1S/C18H19N5OS.C7H15NO/c1-24-14-7-12(20)10(8-19)6-13(14)23-17-16-11-4-2-3-5-15(11)25-18(16)22-9-21-17;1-7(2,3)5-8(4)6-9/h6-9,19H,2-5,20H2,1H3,(H,21,22,23);6H,5H2,1-4H3. The first-order chi connectivity index (χ1) is 16.2. The Morgan fingerprint density at radius 1 is 1.26 bits per heavy atom. The van der Waals surface area contributed by atoms with Crippen molar-refractivity contribution in [1.82, 2.24) is 14.9 Å². The molecule has 1 amide bonds. The maximum atomic E-state index is 10.1. The van der Waals surface area contributed by atoms with Gasteiger partial charge in [0.2, 0.25) is 6.41 Å². The number of nitrogens with two attached hydrogens (primary N) is 1. The van der Waals surface area contributed by atoms with E-state index in [2.05, 4.69) is 36.1 Å². The van der Waals surface area contributed by atoms with Gasteiger partial charge in [0.15, 0.2) is 0 Å². The number of thiophene rings is 1. The first-order valence-corrected chi connectivity index (χ1v) is 12.1. The van der Waals surface area contributed by atoms with Crippen molar-refractivity contribution in [2.24, 2.45) is 5.41 Å². The average Bonchev–Trinajstić information content (AvgIpc) is 3.18. The molecule has 4 rings (SSSR count). The van der Waals surface area contributed by atoms with Crippen LogP contribution in [0, 0.1) is 10.8 Å². The third-order valence-electron chi connectivity index (χ3n) is 5.47. The summed E-state index contributed by atoms with van der Waals surface area (Å²) in [5.74, 6) is 1.40. The number of aryl methyl sites for hydroxylation is 2. The molecule has 0 aliphatic heterocycles. The number of nitrogens with one attached hydrogen (secondary N) is 2. The van der Waals surface area contributed by atoms with E-state index in [0.717, 1.165) is 47.5 Å². The molecule has 0 radical (unpaired) electrons. The summed E-state index contributed by atoms with van der Waals surface area (Å²) in [6.07, 6.45) is 8.32. The van der Waals surface area contributed by atoms with Gasteiger partial charge >= 0.3 is 0 Å². The third kappa shape index (κ3) is 6.02. The molecule has 0 bridgehead atoms. The van der Waals surface area contributed by atoms with Crippen molar-refractivity contribution in [3.8, 4) is 5.75 Å². The summed E-state index contributed by atoms with van der Waals surface area (Å²) in [6.45, 7) is 7.13. The molecule has 34 heavy (non-hydrogen) atoms. The first kappa shape index (κ1) is 25.4. The molecule has 1 aromatic carbocycles. The van der Waals surface area contributed by atoms with Crippen LogP contribution in [0.1, 0.15) is 49.6 Å². The number of aromatic nitrogens is 2. The number of benzene rings is 1. The number of carbonyl (C=O) groups is 1. The zero-order chi connectivity index (χ0) is 24.9. The number of fused-ring (bicyclic) bond motifs is 3. The molecule has 1 aliphatic carbocycles. The van der Waals surface area contributed by atoms with Crippen LogP contribution < -0.4 is 15.8 Å². The van der Waals surface area contributed by atoms with Crippen molar-refractivity contribution in [1.29, 1.82) is 5.41 Å². The maximum absolute atomic E-state index is 10.1. The maximum Gasteiger partial charge on any atom is 0.209 e. The number of nitrogens with zero attached hydrogens (tertiary/aromatic N) is 3. The molecule has 8 nitrogen and oxygen atoms in total. The van der Waals surface area contributed by atoms with E-state index >= 15 is 0 Å². The summed E-state index contributed by atoms with van der Waals surface area (Å²) in [5, 5.41) is 12.0. The summed E-state index contributed by atoms with van der Waals surface area (Å²) >= 11 is 1.77. The molecule has 1 aliphatic rings. The van der Waals surface area contributed by atoms with Gasteiger partial charge in [-0.3, -0.25) is 4.79 Å². The molecular weight excluding hydrogens is 448 g/mol. The Hall–Kier alpha value is -3.20. The van der Waals surface area contributed by atoms with Crippen molar-refractivity contribution < 1.29 is 9.53 Å². The summed E-state index contributed by atoms with van der Waals surface area (Å²) in [4.78, 5) is 23.1. The molecule has 0 fully saturated rings. The predicted octanol–water partition coefficient (Wildman–Crippen LogP) is 5.02. The highest BCUT2D eigenvalue weighted by Gasteiger charge is 2.20. The Bertz CT molecular complexity index is 1170. The fourth-order valence-corrected chi connectivity index (χ4v) is 5.33. The number of hydrogen-bond donors (Lipinski definition) is 3. The van der Waals surface area contributed by atoms with Crippen LogP contribution in [0.25, 0.3) is 10.2 Å². The van der Waals surface area contributed by atoms with Crippen LogP contribution in [0.2, 0.25) is 0 Å². The fourth-order valence-electron chi connectivity index (χ4n) is 4.10. The van der Waals surface area contributed by atoms with E-state index in [9.17, 15) is 4.79 Å². The highest BCUT2D eigenvalue weighted by atomic mass is 32.1. The Morgan fingerprint density at radius 3 is 2.62 bits per heavy atom. The lowest BCUT2D eigenvalue weighted by atomic mass is 9.97. The lowest BCUT2D eigenvalue weighted by Crippen LogP contribution is -2.27. The zero-order valence-corrected chi connectivity index (χ0v) is 21.4. The second-order valence-corrected chi connectivity index (χ2v) is 10.7. The minimum atomic E-state index is 0.218. The minimum absolute atomic E-state index is 0.218. The van der Waals surface area contributed by atoms with Gasteiger partial charge in [-0.1, -0.05) is 20.8 Å². The topological polar surface area (TPSA) is 117 Å². The van der Waals surface area contributed by atoms with E-state index in [1.165, 1.54) is 29.5 Å². The molecule has 2 heterocycles. The van der Waals surface area contributed by atoms with Gasteiger partial charge in [-0.2, -0.15) is 0 Å². The SMILES string of the molecule is CN(C=O)CC(C)(C)C.COc1cc(N)c(C=N)cc1Nc1ncnc2sc3c(c12)CCCC3. The Balaban J connectivity index is 0.000000309. The van der Waals surface area contributed by atoms with Crippen LogP contribution in [0.15, 0.2) is 18.5 Å². The molecule has 182 valence electrons. The van der Waals surface area contributed by atoms with Gasteiger partial charge in [0.05, 0.1) is 18.2 Å². The summed E-state index contributed by atoms with van der Waals surface area (Å²) in [6, 6.07) is 3.54. The number of amides is 1. The summed E-state index contributed by atoms with van der Waals surface area (Å²) < 4.78 is 5.45. The van der Waals surface area contributed by atoms with E-state index in [0.29, 0.717) is 17.0 Å². The van der Waals surface area contributed by atoms with E-state index in [4.69, 9.17) is 15.9 Å². The van der Waals surface area contributed by atoms with Gasteiger partial charge in [-0.05, 0) is 42.7 Å². The summed E-state index contributed by atoms with van der Waals surface area (Å²) in [5.41, 5.74) is 9.43. The molecule has 0 saturated carbocycles. The molecule has 0 saturated heterocycles. The molecule has 0 spiro atoms. The fraction of sp³-hybridized carbons (Fsp3) is 0.440. The van der Waals surface area contributed by atoms with Gasteiger partial charge in [-0.25, -0.2) is 9.97 Å². The number of carbonyl (C=O) groups excluding carboxylic acids is 1. The van der Waals surface area contributed by atoms with Crippen LogP contribution in [0.4, 0.5) is 17.2 Å². The Labute approximate surface area is 205 Å². The lowest BCUT2D eigenvalue weighted by molar-refractivity contribution is -0.118. The van der Waals surface area contributed by atoms with Crippen molar-refractivity contribution >= 4 is 51.4 Å². The quantitative estimate of drug-likeness (QED) is 0.258. The van der Waals surface area contributed by atoms with E-state index in [1.54, 1.807) is 42.8 Å². The normalized spacial score (nSPS) is 12.9. The van der Waals surface area contributed by atoms with Gasteiger partial charge in [-0.15, -0.1) is 11.3 Å². The Kier molecular flexibility index (Phi) is 8.09. The summed E-state index contributed by atoms with van der Waals surface area (Å²) in [7, 11) is 3.39. The average molecular weight is 483 g/mol. The highest BCUT2D eigenvalue weighted by Crippen LogP contribution is 2.40. The van der Waals surface area contributed by atoms with Gasteiger partial charge in [0.1, 0.15) is 22.7 Å². The van der Waals surface area contributed by atoms with Crippen LogP contribution in [-0.4, -0.2) is 48.2 Å². The smallest absolute Gasteiger partial charge is 0.209 e. The predicted molar refractivity (Wildman–Crippen MR) is 141 cm³/mol. The number of rotatable bonds is 6. The van der Waals surface area contributed by atoms with E-state index in [1.807, 2.05) is 6.07 Å². The number of anilines is 3. The second kappa shape index (κ2) is 10.8. The molecule has 0 unspecified atom stereocenters. The van der Waals surface area contributed by atoms with Gasteiger partial charge < -0.3 is 26.1 Å². The van der Waals surface area contributed by atoms with Crippen molar-refractivity contribution in [2.75, 3.05) is 31.8 Å². The number of methoxy groups -OCH3 is 1. The third-order valence-corrected chi connectivity index (χ3v) is 6.67. The van der Waals surface area contributed by atoms with Crippen molar-refractivity contribution in [3.63, 3.8) is 0 Å². The van der Waals surface area contributed by atoms with E-state index < -0.39 is 0 Å². The van der Waals surface area contributed by atoms with Crippen molar-refractivity contribution in [2.45, 2.75) is 46.5 Å². The van der Waals surface area contributed by atoms with Gasteiger partial charge in [0.25, 0.3) is 0 Å². The number of nitrogen functional groups attached to an aromatic ring is 1.